The molecule has 1 aliphatic heterocycles. The number of fused-ring (bicyclic) bond motifs is 1. The van der Waals surface area contributed by atoms with Gasteiger partial charge in [0, 0.05) is 10.6 Å². The van der Waals surface area contributed by atoms with Crippen LogP contribution < -0.4 is 5.73 Å². The van der Waals surface area contributed by atoms with Crippen molar-refractivity contribution in [3.8, 4) is 11.4 Å². The molecule has 3 nitrogen and oxygen atoms in total. The van der Waals surface area contributed by atoms with E-state index in [9.17, 15) is 0 Å². The van der Waals surface area contributed by atoms with Crippen molar-refractivity contribution in [2.75, 3.05) is 0 Å². The summed E-state index contributed by atoms with van der Waals surface area (Å²) in [5.74, 6) is 0.810. The summed E-state index contributed by atoms with van der Waals surface area (Å²) in [6.45, 7) is 0. The van der Waals surface area contributed by atoms with Crippen LogP contribution in [0.25, 0.3) is 11.4 Å². The summed E-state index contributed by atoms with van der Waals surface area (Å²) in [6.07, 6.45) is 2.89. The van der Waals surface area contributed by atoms with E-state index in [0.717, 1.165) is 36.3 Å². The molecule has 0 fully saturated rings. The number of nitrogens with two attached hydrogens (primary N) is 1. The van der Waals surface area contributed by atoms with Crippen molar-refractivity contribution in [2.24, 2.45) is 5.73 Å². The van der Waals surface area contributed by atoms with Gasteiger partial charge >= 0.3 is 0 Å². The Kier molecular flexibility index (Phi) is 3.06. The summed E-state index contributed by atoms with van der Waals surface area (Å²) in [7, 11) is 0. The van der Waals surface area contributed by atoms with Gasteiger partial charge in [-0.15, -0.1) is 0 Å². The molecule has 18 heavy (non-hydrogen) atoms. The molecule has 0 saturated heterocycles. The smallest absolute Gasteiger partial charge is 0.151 e. The predicted octanol–water partition coefficient (Wildman–Crippen LogP) is 3.65. The van der Waals surface area contributed by atoms with Crippen molar-refractivity contribution in [3.05, 3.63) is 40.1 Å². The summed E-state index contributed by atoms with van der Waals surface area (Å²) < 4.78 is 2.04. The van der Waals surface area contributed by atoms with Gasteiger partial charge in [0.2, 0.25) is 0 Å². The zero-order valence-corrected chi connectivity index (χ0v) is 11.2. The second kappa shape index (κ2) is 4.57. The second-order valence-corrected chi connectivity index (χ2v) is 5.31. The molecular formula is C13H13Cl2N3. The fourth-order valence-electron chi connectivity index (χ4n) is 2.46. The Morgan fingerprint density at radius 2 is 2.17 bits per heavy atom. The summed E-state index contributed by atoms with van der Waals surface area (Å²) in [5.41, 5.74) is 8.15. The van der Waals surface area contributed by atoms with E-state index >= 15 is 0 Å². The van der Waals surface area contributed by atoms with Gasteiger partial charge in [-0.05, 0) is 31.4 Å². The molecule has 1 aromatic heterocycles. The van der Waals surface area contributed by atoms with Crippen LogP contribution in [-0.4, -0.2) is 9.55 Å². The average Bonchev–Trinajstić information content (AvgIpc) is 2.69. The largest absolute Gasteiger partial charge is 0.311 e. The normalized spacial score (nSPS) is 18.7. The van der Waals surface area contributed by atoms with Crippen molar-refractivity contribution in [3.63, 3.8) is 0 Å². The third-order valence-electron chi connectivity index (χ3n) is 3.29. The summed E-state index contributed by atoms with van der Waals surface area (Å²) in [5, 5.41) is 1.24. The van der Waals surface area contributed by atoms with Crippen LogP contribution in [-0.2, 0) is 6.42 Å². The van der Waals surface area contributed by atoms with E-state index in [0.29, 0.717) is 10.2 Å². The van der Waals surface area contributed by atoms with Gasteiger partial charge in [0.25, 0.3) is 0 Å². The lowest BCUT2D eigenvalue weighted by atomic mass is 10.1. The monoisotopic (exact) mass is 281 g/mol. The van der Waals surface area contributed by atoms with Gasteiger partial charge in [-0.2, -0.15) is 0 Å². The van der Waals surface area contributed by atoms with Crippen LogP contribution in [0.1, 0.15) is 24.7 Å². The Hall–Kier alpha value is -1.03. The quantitative estimate of drug-likeness (QED) is 0.867. The minimum Gasteiger partial charge on any atom is -0.311 e. The van der Waals surface area contributed by atoms with Gasteiger partial charge in [0.1, 0.15) is 5.82 Å². The van der Waals surface area contributed by atoms with E-state index in [1.165, 1.54) is 0 Å². The van der Waals surface area contributed by atoms with E-state index in [4.69, 9.17) is 28.9 Å². The highest BCUT2D eigenvalue weighted by Gasteiger charge is 2.24. The maximum Gasteiger partial charge on any atom is 0.151 e. The SMILES string of the molecule is NC1CCCc2c(Cl)nc(-c3cccc(Cl)c3)n21. The molecular weight excluding hydrogens is 269 g/mol. The Balaban J connectivity index is 2.18. The molecule has 1 aliphatic rings. The summed E-state index contributed by atoms with van der Waals surface area (Å²) >= 11 is 12.2. The van der Waals surface area contributed by atoms with Gasteiger partial charge < -0.3 is 10.3 Å². The number of rotatable bonds is 1. The molecule has 2 N–H and O–H groups in total. The van der Waals surface area contributed by atoms with Crippen LogP contribution in [0.5, 0.6) is 0 Å². The van der Waals surface area contributed by atoms with E-state index in [1.54, 1.807) is 0 Å². The predicted molar refractivity (Wildman–Crippen MR) is 73.8 cm³/mol. The van der Waals surface area contributed by atoms with Crippen LogP contribution in [0.3, 0.4) is 0 Å². The number of aromatic nitrogens is 2. The Labute approximate surface area is 116 Å². The lowest BCUT2D eigenvalue weighted by Crippen LogP contribution is -2.25. The highest BCUT2D eigenvalue weighted by molar-refractivity contribution is 6.31. The standard InChI is InChI=1S/C13H13Cl2N3/c14-9-4-1-3-8(7-9)13-17-12(15)10-5-2-6-11(16)18(10)13/h1,3-4,7,11H,2,5-6,16H2. The van der Waals surface area contributed by atoms with Crippen LogP contribution in [0.15, 0.2) is 24.3 Å². The molecule has 0 bridgehead atoms. The number of halogens is 2. The first-order valence-electron chi connectivity index (χ1n) is 5.95. The number of benzene rings is 1. The molecule has 94 valence electrons. The fraction of sp³-hybridized carbons (Fsp3) is 0.308. The molecule has 1 aromatic carbocycles. The van der Waals surface area contributed by atoms with E-state index in [-0.39, 0.29) is 6.17 Å². The second-order valence-electron chi connectivity index (χ2n) is 4.51. The van der Waals surface area contributed by atoms with Crippen molar-refractivity contribution in [2.45, 2.75) is 25.4 Å². The molecule has 0 amide bonds. The molecule has 0 spiro atoms. The number of hydrogen-bond donors (Lipinski definition) is 1. The molecule has 0 radical (unpaired) electrons. The van der Waals surface area contributed by atoms with Gasteiger partial charge in [-0.1, -0.05) is 35.3 Å². The summed E-state index contributed by atoms with van der Waals surface area (Å²) in [6, 6.07) is 7.60. The van der Waals surface area contributed by atoms with Gasteiger partial charge in [-0.25, -0.2) is 4.98 Å². The minimum absolute atomic E-state index is 0.0530. The van der Waals surface area contributed by atoms with Crippen molar-refractivity contribution in [1.29, 1.82) is 0 Å². The first-order chi connectivity index (χ1) is 8.66. The van der Waals surface area contributed by atoms with Gasteiger partial charge in [0.05, 0.1) is 11.9 Å². The van der Waals surface area contributed by atoms with Crippen molar-refractivity contribution < 1.29 is 0 Å². The van der Waals surface area contributed by atoms with Crippen LogP contribution in [0, 0.1) is 0 Å². The zero-order valence-electron chi connectivity index (χ0n) is 9.74. The molecule has 5 heteroatoms. The van der Waals surface area contributed by atoms with Crippen molar-refractivity contribution in [1.82, 2.24) is 9.55 Å². The molecule has 0 saturated carbocycles. The first-order valence-corrected chi connectivity index (χ1v) is 6.70. The Bertz CT molecular complexity index is 592. The van der Waals surface area contributed by atoms with Crippen LogP contribution >= 0.6 is 23.2 Å². The molecule has 1 atom stereocenters. The molecule has 1 unspecified atom stereocenters. The van der Waals surface area contributed by atoms with Crippen LogP contribution in [0.4, 0.5) is 0 Å². The average molecular weight is 282 g/mol. The number of nitrogens with zero attached hydrogens (tertiary/aromatic N) is 2. The number of imidazole rings is 1. The molecule has 2 heterocycles. The third kappa shape index (κ3) is 1.92. The van der Waals surface area contributed by atoms with E-state index in [2.05, 4.69) is 4.98 Å². The lowest BCUT2D eigenvalue weighted by Gasteiger charge is -2.24. The van der Waals surface area contributed by atoms with Crippen molar-refractivity contribution >= 4 is 23.2 Å². The summed E-state index contributed by atoms with van der Waals surface area (Å²) in [4.78, 5) is 4.44. The molecule has 3 rings (SSSR count). The Morgan fingerprint density at radius 3 is 2.94 bits per heavy atom. The lowest BCUT2D eigenvalue weighted by molar-refractivity contribution is 0.418. The third-order valence-corrected chi connectivity index (χ3v) is 3.83. The maximum atomic E-state index is 6.20. The minimum atomic E-state index is -0.0530. The topological polar surface area (TPSA) is 43.8 Å². The zero-order chi connectivity index (χ0) is 12.7. The molecule has 2 aromatic rings. The van der Waals surface area contributed by atoms with E-state index < -0.39 is 0 Å². The fourth-order valence-corrected chi connectivity index (χ4v) is 2.91. The highest BCUT2D eigenvalue weighted by Crippen LogP contribution is 2.33. The van der Waals surface area contributed by atoms with Gasteiger partial charge in [-0.3, -0.25) is 0 Å². The highest BCUT2D eigenvalue weighted by atomic mass is 35.5. The van der Waals surface area contributed by atoms with Crippen LogP contribution in [0.2, 0.25) is 10.2 Å². The maximum absolute atomic E-state index is 6.20. The van der Waals surface area contributed by atoms with Gasteiger partial charge in [0.15, 0.2) is 5.15 Å². The molecule has 0 aliphatic carbocycles. The van der Waals surface area contributed by atoms with E-state index in [1.807, 2.05) is 28.8 Å². The number of hydrogen-bond acceptors (Lipinski definition) is 2. The Morgan fingerprint density at radius 1 is 1.33 bits per heavy atom. The first kappa shape index (κ1) is 12.0.